The third kappa shape index (κ3) is 5.39. The summed E-state index contributed by atoms with van der Waals surface area (Å²) in [5.74, 6) is -0.570. The predicted molar refractivity (Wildman–Crippen MR) is 139 cm³/mol. The number of hydrogen-bond acceptors (Lipinski definition) is 7. The van der Waals surface area contributed by atoms with Crippen LogP contribution in [-0.4, -0.2) is 78.0 Å². The van der Waals surface area contributed by atoms with Crippen molar-refractivity contribution >= 4 is 23.6 Å². The van der Waals surface area contributed by atoms with E-state index < -0.39 is 35.4 Å². The first-order valence-electron chi connectivity index (χ1n) is 12.9. The maximum Gasteiger partial charge on any atom is 0.430 e. The van der Waals surface area contributed by atoms with Crippen LogP contribution in [0.15, 0.2) is 36.7 Å². The zero-order valence-corrected chi connectivity index (χ0v) is 22.8. The molecule has 1 aromatic heterocycles. The molecule has 2 atom stereocenters. The molecule has 1 fully saturated rings. The topological polar surface area (TPSA) is 88.1 Å². The minimum atomic E-state index is -5.04. The molecule has 3 heterocycles. The number of hydrogen-bond donors (Lipinski definition) is 0. The maximum absolute atomic E-state index is 14.7. The van der Waals surface area contributed by atoms with Gasteiger partial charge < -0.3 is 19.3 Å². The fourth-order valence-corrected chi connectivity index (χ4v) is 5.08. The van der Waals surface area contributed by atoms with E-state index in [0.717, 1.165) is 12.0 Å². The summed E-state index contributed by atoms with van der Waals surface area (Å²) in [7, 11) is 0.892. The van der Waals surface area contributed by atoms with Crippen LogP contribution in [0.2, 0.25) is 0 Å². The Labute approximate surface area is 225 Å². The van der Waals surface area contributed by atoms with Gasteiger partial charge in [-0.3, -0.25) is 9.69 Å². The lowest BCUT2D eigenvalue weighted by atomic mass is 9.88. The van der Waals surface area contributed by atoms with Gasteiger partial charge in [-0.25, -0.2) is 14.8 Å². The maximum atomic E-state index is 14.7. The summed E-state index contributed by atoms with van der Waals surface area (Å²) in [4.78, 5) is 39.8. The number of amides is 2. The highest BCUT2D eigenvalue weighted by Crippen LogP contribution is 2.46. The van der Waals surface area contributed by atoms with E-state index in [1.54, 1.807) is 38.7 Å². The molecule has 0 N–H and O–H groups in total. The number of ether oxygens (including phenoxy) is 2. The van der Waals surface area contributed by atoms with E-state index in [-0.39, 0.29) is 11.4 Å². The van der Waals surface area contributed by atoms with Gasteiger partial charge in [-0.05, 0) is 40.5 Å². The summed E-state index contributed by atoms with van der Waals surface area (Å²) in [6.45, 7) is 8.78. The van der Waals surface area contributed by atoms with Crippen molar-refractivity contribution in [1.82, 2.24) is 14.9 Å². The average Bonchev–Trinajstić information content (AvgIpc) is 2.87. The Balaban J connectivity index is 1.66. The first-order chi connectivity index (χ1) is 18.3. The van der Waals surface area contributed by atoms with E-state index in [2.05, 4.69) is 9.97 Å². The number of piperazine rings is 1. The van der Waals surface area contributed by atoms with Gasteiger partial charge in [0.15, 0.2) is 0 Å². The number of anilines is 2. The summed E-state index contributed by atoms with van der Waals surface area (Å²) in [6, 6.07) is 6.36. The molecule has 2 aliphatic rings. The predicted octanol–water partition coefficient (Wildman–Crippen LogP) is 4.31. The van der Waals surface area contributed by atoms with Crippen molar-refractivity contribution < 1.29 is 32.2 Å². The van der Waals surface area contributed by atoms with Crippen molar-refractivity contribution in [2.24, 2.45) is 0 Å². The molecule has 0 bridgehead atoms. The molecule has 1 saturated heterocycles. The number of alkyl halides is 3. The van der Waals surface area contributed by atoms with Gasteiger partial charge in [0.1, 0.15) is 23.6 Å². The lowest BCUT2D eigenvalue weighted by molar-refractivity contribution is -0.264. The monoisotopic (exact) mass is 549 g/mol. The third-order valence-corrected chi connectivity index (χ3v) is 7.02. The molecule has 0 aliphatic carbocycles. The van der Waals surface area contributed by atoms with E-state index in [9.17, 15) is 22.8 Å². The lowest BCUT2D eigenvalue weighted by Gasteiger charge is -2.43. The Morgan fingerprint density at radius 3 is 2.15 bits per heavy atom. The highest BCUT2D eigenvalue weighted by atomic mass is 19.4. The van der Waals surface area contributed by atoms with Gasteiger partial charge in [0.25, 0.3) is 11.5 Å². The van der Waals surface area contributed by atoms with Crippen LogP contribution in [0.25, 0.3) is 0 Å². The molecule has 2 aliphatic heterocycles. The van der Waals surface area contributed by atoms with Crippen molar-refractivity contribution in [3.05, 3.63) is 47.8 Å². The number of aromatic nitrogens is 2. The Bertz CT molecular complexity index is 1200. The molecule has 1 unspecified atom stereocenters. The molecule has 0 spiro atoms. The van der Waals surface area contributed by atoms with Crippen molar-refractivity contribution in [2.75, 3.05) is 43.1 Å². The van der Waals surface area contributed by atoms with E-state index >= 15 is 0 Å². The number of benzene rings is 1. The van der Waals surface area contributed by atoms with Crippen LogP contribution in [0.4, 0.5) is 29.6 Å². The first-order valence-corrected chi connectivity index (χ1v) is 12.9. The SMILES string of the molecule is COC(C(=O)N1c2ncnc(N3CCN(C(=O)OC(C)(C)C)CC3)c2CC[C@H]1C)(c1ccccc1)C(F)(F)F. The molecule has 212 valence electrons. The third-order valence-electron chi connectivity index (χ3n) is 7.02. The Morgan fingerprint density at radius 1 is 0.974 bits per heavy atom. The number of nitrogens with zero attached hydrogens (tertiary/aromatic N) is 5. The molecule has 39 heavy (non-hydrogen) atoms. The Morgan fingerprint density at radius 2 is 1.59 bits per heavy atom. The van der Waals surface area contributed by atoms with Gasteiger partial charge >= 0.3 is 12.3 Å². The lowest BCUT2D eigenvalue weighted by Crippen LogP contribution is -2.60. The zero-order valence-electron chi connectivity index (χ0n) is 22.8. The fraction of sp³-hybridized carbons (Fsp3) is 0.556. The van der Waals surface area contributed by atoms with Gasteiger partial charge in [0.05, 0.1) is 0 Å². The van der Waals surface area contributed by atoms with E-state index in [0.29, 0.717) is 50.4 Å². The molecule has 2 aromatic rings. The highest BCUT2D eigenvalue weighted by molar-refractivity contribution is 6.02. The van der Waals surface area contributed by atoms with Gasteiger partial charge in [0.2, 0.25) is 0 Å². The summed E-state index contributed by atoms with van der Waals surface area (Å²) in [5.41, 5.74) is -3.53. The van der Waals surface area contributed by atoms with Gasteiger partial charge in [0, 0.05) is 50.5 Å². The Kier molecular flexibility index (Phi) is 7.79. The minimum Gasteiger partial charge on any atom is -0.444 e. The number of carbonyl (C=O) groups excluding carboxylic acids is 2. The first kappa shape index (κ1) is 28.6. The van der Waals surface area contributed by atoms with Crippen molar-refractivity contribution in [1.29, 1.82) is 0 Å². The van der Waals surface area contributed by atoms with Crippen LogP contribution in [-0.2, 0) is 26.3 Å². The molecule has 12 heteroatoms. The Hall–Kier alpha value is -3.41. The zero-order chi connectivity index (χ0) is 28.6. The van der Waals surface area contributed by atoms with Crippen LogP contribution in [0.5, 0.6) is 0 Å². The average molecular weight is 550 g/mol. The number of halogens is 3. The second kappa shape index (κ2) is 10.6. The second-order valence-corrected chi connectivity index (χ2v) is 10.8. The number of carbonyl (C=O) groups is 2. The van der Waals surface area contributed by atoms with Crippen molar-refractivity contribution in [3.8, 4) is 0 Å². The molecule has 0 saturated carbocycles. The molecular weight excluding hydrogens is 515 g/mol. The number of methoxy groups -OCH3 is 1. The molecular formula is C27H34F3N5O4. The molecule has 0 radical (unpaired) electrons. The molecule has 9 nitrogen and oxygen atoms in total. The molecule has 1 aromatic carbocycles. The fourth-order valence-electron chi connectivity index (χ4n) is 5.08. The largest absolute Gasteiger partial charge is 0.444 e. The smallest absolute Gasteiger partial charge is 0.430 e. The van der Waals surface area contributed by atoms with Crippen LogP contribution in [0.1, 0.15) is 45.2 Å². The normalized spacial score (nSPS) is 19.8. The summed E-state index contributed by atoms with van der Waals surface area (Å²) in [6.07, 6.45) is -3.27. The number of rotatable bonds is 4. The quantitative estimate of drug-likeness (QED) is 0.562. The van der Waals surface area contributed by atoms with Crippen molar-refractivity contribution in [2.45, 2.75) is 64.0 Å². The summed E-state index contributed by atoms with van der Waals surface area (Å²) in [5, 5.41) is 0. The summed E-state index contributed by atoms with van der Waals surface area (Å²) >= 11 is 0. The molecule has 2 amide bonds. The van der Waals surface area contributed by atoms with E-state index in [4.69, 9.17) is 9.47 Å². The van der Waals surface area contributed by atoms with Crippen LogP contribution in [0.3, 0.4) is 0 Å². The van der Waals surface area contributed by atoms with Gasteiger partial charge in [-0.1, -0.05) is 30.3 Å². The standard InChI is InChI=1S/C27H34F3N5O4/c1-18-11-12-20-21(33-13-15-34(16-14-33)24(37)39-25(2,3)4)31-17-32-22(20)35(18)23(36)26(38-5,27(28,29)30)19-9-7-6-8-10-19/h6-10,17-18H,11-16H2,1-5H3/t18-,26?/m1/s1. The van der Waals surface area contributed by atoms with E-state index in [1.807, 2.05) is 4.90 Å². The van der Waals surface area contributed by atoms with Crippen molar-refractivity contribution in [3.63, 3.8) is 0 Å². The second-order valence-electron chi connectivity index (χ2n) is 10.8. The molecule has 4 rings (SSSR count). The van der Waals surface area contributed by atoms with Crippen LogP contribution in [0, 0.1) is 0 Å². The van der Waals surface area contributed by atoms with E-state index in [1.165, 1.54) is 30.6 Å². The minimum absolute atomic E-state index is 0.139. The number of fused-ring (bicyclic) bond motifs is 1. The highest BCUT2D eigenvalue weighted by Gasteiger charge is 2.64. The van der Waals surface area contributed by atoms with Crippen LogP contribution >= 0.6 is 0 Å². The summed E-state index contributed by atoms with van der Waals surface area (Å²) < 4.78 is 54.6. The van der Waals surface area contributed by atoms with Gasteiger partial charge in [-0.15, -0.1) is 0 Å². The van der Waals surface area contributed by atoms with Crippen LogP contribution < -0.4 is 9.80 Å². The van der Waals surface area contributed by atoms with Gasteiger partial charge in [-0.2, -0.15) is 13.2 Å².